The highest BCUT2D eigenvalue weighted by Crippen LogP contribution is 2.30. The molecule has 0 bridgehead atoms. The van der Waals surface area contributed by atoms with Crippen LogP contribution >= 0.6 is 27.7 Å². The van der Waals surface area contributed by atoms with Crippen LogP contribution in [0.5, 0.6) is 0 Å². The summed E-state index contributed by atoms with van der Waals surface area (Å²) >= 11 is 5.81. The Labute approximate surface area is 129 Å². The lowest BCUT2D eigenvalue weighted by Gasteiger charge is -2.24. The van der Waals surface area contributed by atoms with E-state index in [0.29, 0.717) is 6.04 Å². The van der Waals surface area contributed by atoms with Crippen molar-refractivity contribution in [3.05, 3.63) is 15.9 Å². The number of likely N-dealkylation sites (N-methyl/N-ethyl adjacent to an activating group) is 1. The molecule has 0 radical (unpaired) electrons. The molecular weight excluding hydrogens is 322 g/mol. The Morgan fingerprint density at radius 3 is 2.89 bits per heavy atom. The molecule has 1 aliphatic heterocycles. The predicted molar refractivity (Wildman–Crippen MR) is 86.9 cm³/mol. The summed E-state index contributed by atoms with van der Waals surface area (Å²) in [7, 11) is 0. The lowest BCUT2D eigenvalue weighted by atomic mass is 9.95. The highest BCUT2D eigenvalue weighted by atomic mass is 79.9. The van der Waals surface area contributed by atoms with Gasteiger partial charge in [-0.15, -0.1) is 0 Å². The van der Waals surface area contributed by atoms with Gasteiger partial charge < -0.3 is 5.32 Å². The van der Waals surface area contributed by atoms with Crippen LogP contribution in [-0.4, -0.2) is 33.9 Å². The summed E-state index contributed by atoms with van der Waals surface area (Å²) in [6.45, 7) is 8.43. The smallest absolute Gasteiger partial charge is 0.0738 e. The molecule has 1 saturated heterocycles. The Kier molecular flexibility index (Phi) is 5.78. The fourth-order valence-electron chi connectivity index (χ4n) is 2.81. The zero-order valence-corrected chi connectivity index (χ0v) is 14.5. The highest BCUT2D eigenvalue weighted by molar-refractivity contribution is 9.10. The molecule has 2 unspecified atom stereocenters. The van der Waals surface area contributed by atoms with Crippen molar-refractivity contribution in [2.24, 2.45) is 5.92 Å². The van der Waals surface area contributed by atoms with Crippen LogP contribution in [0.2, 0.25) is 0 Å². The Hall–Kier alpha value is -0.000000000000000111. The lowest BCUT2D eigenvalue weighted by molar-refractivity contribution is 0.377. The average Bonchev–Trinajstić information content (AvgIpc) is 3.01. The second-order valence-electron chi connectivity index (χ2n) is 5.15. The van der Waals surface area contributed by atoms with E-state index in [1.165, 1.54) is 28.1 Å². The van der Waals surface area contributed by atoms with E-state index in [0.717, 1.165) is 31.1 Å². The van der Waals surface area contributed by atoms with Crippen molar-refractivity contribution >= 4 is 27.7 Å². The molecule has 5 heteroatoms. The molecule has 2 rings (SSSR count). The van der Waals surface area contributed by atoms with Gasteiger partial charge in [-0.25, -0.2) is 0 Å². The molecule has 0 amide bonds. The first kappa shape index (κ1) is 15.4. The second-order valence-corrected chi connectivity index (χ2v) is 7.10. The number of aryl methyl sites for hydroxylation is 2. The standard InChI is InChI=1S/C14H24BrN3S/c1-4-16-12(11-6-7-19-9-11)8-13-14(15)10(3)17-18(13)5-2/h11-12,16H,4-9H2,1-3H3. The van der Waals surface area contributed by atoms with E-state index in [1.54, 1.807) is 0 Å². The maximum Gasteiger partial charge on any atom is 0.0738 e. The van der Waals surface area contributed by atoms with Crippen LogP contribution in [0.4, 0.5) is 0 Å². The van der Waals surface area contributed by atoms with Crippen molar-refractivity contribution in [1.82, 2.24) is 15.1 Å². The molecule has 2 atom stereocenters. The van der Waals surface area contributed by atoms with Crippen molar-refractivity contribution < 1.29 is 0 Å². The molecule has 0 saturated carbocycles. The molecule has 0 aromatic carbocycles. The third-order valence-corrected chi connectivity index (χ3v) is 6.09. The van der Waals surface area contributed by atoms with E-state index in [4.69, 9.17) is 0 Å². The van der Waals surface area contributed by atoms with Crippen molar-refractivity contribution in [3.63, 3.8) is 0 Å². The molecule has 3 nitrogen and oxygen atoms in total. The molecule has 1 N–H and O–H groups in total. The van der Waals surface area contributed by atoms with E-state index in [-0.39, 0.29) is 0 Å². The van der Waals surface area contributed by atoms with Crippen molar-refractivity contribution in [1.29, 1.82) is 0 Å². The van der Waals surface area contributed by atoms with Gasteiger partial charge in [0.2, 0.25) is 0 Å². The van der Waals surface area contributed by atoms with Crippen LogP contribution < -0.4 is 5.32 Å². The zero-order valence-electron chi connectivity index (χ0n) is 12.1. The molecule has 0 spiro atoms. The first-order valence-corrected chi connectivity index (χ1v) is 9.15. The summed E-state index contributed by atoms with van der Waals surface area (Å²) in [5.74, 6) is 3.42. The minimum absolute atomic E-state index is 0.581. The molecule has 1 aromatic heterocycles. The van der Waals surface area contributed by atoms with Crippen LogP contribution in [0.3, 0.4) is 0 Å². The number of thioether (sulfide) groups is 1. The molecule has 108 valence electrons. The minimum Gasteiger partial charge on any atom is -0.314 e. The minimum atomic E-state index is 0.581. The molecule has 1 aliphatic rings. The summed E-state index contributed by atoms with van der Waals surface area (Å²) in [6.07, 6.45) is 2.42. The molecule has 2 heterocycles. The first-order valence-electron chi connectivity index (χ1n) is 7.20. The summed E-state index contributed by atoms with van der Waals surface area (Å²) in [5.41, 5.74) is 2.45. The van der Waals surface area contributed by atoms with E-state index >= 15 is 0 Å². The molecule has 1 fully saturated rings. The SMILES string of the molecule is CCNC(Cc1c(Br)c(C)nn1CC)C1CCSC1. The molecule has 0 aliphatic carbocycles. The number of hydrogen-bond donors (Lipinski definition) is 1. The number of rotatable bonds is 6. The van der Waals surface area contributed by atoms with Gasteiger partial charge in [-0.1, -0.05) is 6.92 Å². The summed E-state index contributed by atoms with van der Waals surface area (Å²) in [5, 5.41) is 8.29. The molecule has 1 aromatic rings. The normalized spacial score (nSPS) is 20.9. The van der Waals surface area contributed by atoms with Gasteiger partial charge in [-0.3, -0.25) is 4.68 Å². The number of aromatic nitrogens is 2. The summed E-state index contributed by atoms with van der Waals surface area (Å²) in [4.78, 5) is 0. The number of hydrogen-bond acceptors (Lipinski definition) is 3. The van der Waals surface area contributed by atoms with Crippen molar-refractivity contribution in [2.45, 2.75) is 46.2 Å². The van der Waals surface area contributed by atoms with Gasteiger partial charge in [0.1, 0.15) is 0 Å². The Bertz CT molecular complexity index is 413. The fourth-order valence-corrected chi connectivity index (χ4v) is 4.59. The van der Waals surface area contributed by atoms with E-state index < -0.39 is 0 Å². The van der Waals surface area contributed by atoms with Gasteiger partial charge in [0.15, 0.2) is 0 Å². The van der Waals surface area contributed by atoms with E-state index in [2.05, 4.69) is 63.6 Å². The third kappa shape index (κ3) is 3.56. The number of nitrogens with zero attached hydrogens (tertiary/aromatic N) is 2. The van der Waals surface area contributed by atoms with Crippen molar-refractivity contribution in [3.8, 4) is 0 Å². The molecular formula is C14H24BrN3S. The van der Waals surface area contributed by atoms with Gasteiger partial charge in [-0.05, 0) is 60.2 Å². The Balaban J connectivity index is 2.16. The average molecular weight is 346 g/mol. The van der Waals surface area contributed by atoms with Gasteiger partial charge in [0.25, 0.3) is 0 Å². The quantitative estimate of drug-likeness (QED) is 0.858. The Morgan fingerprint density at radius 2 is 2.32 bits per heavy atom. The number of nitrogens with one attached hydrogen (secondary N) is 1. The number of halogens is 1. The van der Waals surface area contributed by atoms with Crippen molar-refractivity contribution in [2.75, 3.05) is 18.1 Å². The van der Waals surface area contributed by atoms with E-state index in [1.807, 2.05) is 0 Å². The summed E-state index contributed by atoms with van der Waals surface area (Å²) in [6, 6.07) is 0.581. The first-order chi connectivity index (χ1) is 9.17. The Morgan fingerprint density at radius 1 is 1.53 bits per heavy atom. The van der Waals surface area contributed by atoms with Crippen LogP contribution in [0.25, 0.3) is 0 Å². The maximum atomic E-state index is 4.61. The maximum absolute atomic E-state index is 4.61. The van der Waals surface area contributed by atoms with E-state index in [9.17, 15) is 0 Å². The van der Waals surface area contributed by atoms with Crippen LogP contribution in [-0.2, 0) is 13.0 Å². The summed E-state index contributed by atoms with van der Waals surface area (Å²) < 4.78 is 3.34. The molecule has 19 heavy (non-hydrogen) atoms. The topological polar surface area (TPSA) is 29.9 Å². The third-order valence-electron chi connectivity index (χ3n) is 3.87. The zero-order chi connectivity index (χ0) is 13.8. The van der Waals surface area contributed by atoms with Gasteiger partial charge >= 0.3 is 0 Å². The monoisotopic (exact) mass is 345 g/mol. The largest absolute Gasteiger partial charge is 0.314 e. The van der Waals surface area contributed by atoms with Crippen LogP contribution in [0, 0.1) is 12.8 Å². The van der Waals surface area contributed by atoms with Crippen LogP contribution in [0.15, 0.2) is 4.47 Å². The lowest BCUT2D eigenvalue weighted by Crippen LogP contribution is -2.38. The fraction of sp³-hybridized carbons (Fsp3) is 0.786. The van der Waals surface area contributed by atoms with Gasteiger partial charge in [0.05, 0.1) is 15.9 Å². The predicted octanol–water partition coefficient (Wildman–Crippen LogP) is 3.25. The highest BCUT2D eigenvalue weighted by Gasteiger charge is 2.27. The van der Waals surface area contributed by atoms with Crippen LogP contribution in [0.1, 0.15) is 31.7 Å². The van der Waals surface area contributed by atoms with Gasteiger partial charge in [-0.2, -0.15) is 16.9 Å². The second kappa shape index (κ2) is 7.14. The van der Waals surface area contributed by atoms with Gasteiger partial charge in [0, 0.05) is 19.0 Å².